The van der Waals surface area contributed by atoms with E-state index in [0.717, 1.165) is 26.2 Å². The minimum Gasteiger partial charge on any atom is -0.377 e. The van der Waals surface area contributed by atoms with E-state index in [1.165, 1.54) is 32.9 Å². The zero-order valence-electron chi connectivity index (χ0n) is 25.9. The van der Waals surface area contributed by atoms with Gasteiger partial charge in [0.25, 0.3) is 0 Å². The summed E-state index contributed by atoms with van der Waals surface area (Å²) in [6.07, 6.45) is 0. The van der Waals surface area contributed by atoms with E-state index in [2.05, 4.69) is 58.3 Å². The average molecular weight is 613 g/mol. The molecule has 3 aromatic rings. The molecule has 0 spiro atoms. The number of hydrogen-bond acceptors (Lipinski definition) is 10. The molecular formula is C34H48N2O8. The summed E-state index contributed by atoms with van der Waals surface area (Å²) >= 11 is 0. The fourth-order valence-corrected chi connectivity index (χ4v) is 5.50. The van der Waals surface area contributed by atoms with Gasteiger partial charge < -0.3 is 47.7 Å². The molecule has 10 nitrogen and oxygen atoms in total. The van der Waals surface area contributed by atoms with E-state index in [1.807, 2.05) is 0 Å². The predicted octanol–water partition coefficient (Wildman–Crippen LogP) is 3.77. The van der Waals surface area contributed by atoms with Crippen molar-refractivity contribution < 1.29 is 37.9 Å². The second-order valence-electron chi connectivity index (χ2n) is 10.7. The second kappa shape index (κ2) is 19.1. The Morgan fingerprint density at radius 1 is 0.341 bits per heavy atom. The maximum atomic E-state index is 5.93. The highest BCUT2D eigenvalue weighted by Crippen LogP contribution is 2.35. The van der Waals surface area contributed by atoms with Crippen molar-refractivity contribution in [2.75, 3.05) is 142 Å². The van der Waals surface area contributed by atoms with Gasteiger partial charge >= 0.3 is 0 Å². The molecule has 2 saturated heterocycles. The summed E-state index contributed by atoms with van der Waals surface area (Å²) in [5.74, 6) is 0. The minimum absolute atomic E-state index is 0.566. The SMILES string of the molecule is c1cc(N2CCOCCOCCOCCOCC2)c2cc3c(N4CCOCCOCCOCCOCC4)cccc3cc2c1. The maximum absolute atomic E-state index is 5.93. The quantitative estimate of drug-likeness (QED) is 0.399. The van der Waals surface area contributed by atoms with Crippen LogP contribution in [-0.4, -0.2) is 132 Å². The Balaban J connectivity index is 1.40. The van der Waals surface area contributed by atoms with E-state index in [9.17, 15) is 0 Å². The Bertz CT molecular complexity index is 1120. The van der Waals surface area contributed by atoms with Crippen LogP contribution >= 0.6 is 0 Å². The Morgan fingerprint density at radius 3 is 0.955 bits per heavy atom. The van der Waals surface area contributed by atoms with Crippen LogP contribution in [0, 0.1) is 0 Å². The van der Waals surface area contributed by atoms with Crippen molar-refractivity contribution in [1.29, 1.82) is 0 Å². The number of benzene rings is 3. The molecule has 44 heavy (non-hydrogen) atoms. The summed E-state index contributed by atoms with van der Waals surface area (Å²) in [7, 11) is 0. The van der Waals surface area contributed by atoms with Crippen LogP contribution < -0.4 is 9.80 Å². The third-order valence-corrected chi connectivity index (χ3v) is 7.77. The molecule has 0 aliphatic carbocycles. The third-order valence-electron chi connectivity index (χ3n) is 7.77. The van der Waals surface area contributed by atoms with Crippen molar-refractivity contribution in [3.05, 3.63) is 48.5 Å². The molecule has 0 atom stereocenters. The van der Waals surface area contributed by atoms with Gasteiger partial charge in [-0.05, 0) is 35.0 Å². The van der Waals surface area contributed by atoms with Crippen LogP contribution in [0.1, 0.15) is 0 Å². The van der Waals surface area contributed by atoms with E-state index in [0.29, 0.717) is 106 Å². The lowest BCUT2D eigenvalue weighted by molar-refractivity contribution is 0.00206. The van der Waals surface area contributed by atoms with E-state index in [4.69, 9.17) is 37.9 Å². The van der Waals surface area contributed by atoms with E-state index >= 15 is 0 Å². The Morgan fingerprint density at radius 2 is 0.636 bits per heavy atom. The summed E-state index contributed by atoms with van der Waals surface area (Å²) in [4.78, 5) is 4.74. The number of hydrogen-bond donors (Lipinski definition) is 0. The van der Waals surface area contributed by atoms with E-state index < -0.39 is 0 Å². The monoisotopic (exact) mass is 612 g/mol. The van der Waals surface area contributed by atoms with Crippen molar-refractivity contribution in [3.8, 4) is 0 Å². The van der Waals surface area contributed by atoms with E-state index in [1.54, 1.807) is 0 Å². The molecule has 5 rings (SSSR count). The largest absolute Gasteiger partial charge is 0.377 e. The Kier molecular flexibility index (Phi) is 14.2. The van der Waals surface area contributed by atoms with Gasteiger partial charge in [-0.15, -0.1) is 0 Å². The minimum atomic E-state index is 0.566. The summed E-state index contributed by atoms with van der Waals surface area (Å²) in [6, 6.07) is 17.7. The van der Waals surface area contributed by atoms with Gasteiger partial charge in [0, 0.05) is 48.3 Å². The molecule has 0 bridgehead atoms. The number of anilines is 2. The van der Waals surface area contributed by atoms with Crippen molar-refractivity contribution in [1.82, 2.24) is 0 Å². The van der Waals surface area contributed by atoms with Gasteiger partial charge in [0.05, 0.1) is 106 Å². The predicted molar refractivity (Wildman–Crippen MR) is 172 cm³/mol. The fourth-order valence-electron chi connectivity index (χ4n) is 5.50. The third kappa shape index (κ3) is 10.3. The first-order chi connectivity index (χ1) is 21.9. The Hall–Kier alpha value is -2.54. The summed E-state index contributed by atoms with van der Waals surface area (Å²) < 4.78 is 46.1. The molecule has 3 aromatic carbocycles. The van der Waals surface area contributed by atoms with Crippen LogP contribution in [0.15, 0.2) is 48.5 Å². The summed E-state index contributed by atoms with van der Waals surface area (Å²) in [5, 5.41) is 4.82. The molecule has 0 amide bonds. The summed E-state index contributed by atoms with van der Waals surface area (Å²) in [5.41, 5.74) is 2.35. The summed E-state index contributed by atoms with van der Waals surface area (Å²) in [6.45, 7) is 12.3. The van der Waals surface area contributed by atoms with Gasteiger partial charge in [0.1, 0.15) is 0 Å². The molecule has 2 heterocycles. The highest BCUT2D eigenvalue weighted by Gasteiger charge is 2.15. The molecule has 0 unspecified atom stereocenters. The van der Waals surface area contributed by atoms with Crippen LogP contribution in [0.4, 0.5) is 11.4 Å². The molecule has 2 fully saturated rings. The topological polar surface area (TPSA) is 80.3 Å². The van der Waals surface area contributed by atoms with Crippen molar-refractivity contribution in [2.45, 2.75) is 0 Å². The Labute approximate surface area is 261 Å². The first kappa shape index (κ1) is 32.8. The average Bonchev–Trinajstić information content (AvgIpc) is 3.06. The molecule has 2 aliphatic heterocycles. The molecule has 0 N–H and O–H groups in total. The van der Waals surface area contributed by atoms with Gasteiger partial charge in [-0.2, -0.15) is 0 Å². The van der Waals surface area contributed by atoms with Crippen LogP contribution in [0.3, 0.4) is 0 Å². The van der Waals surface area contributed by atoms with Crippen LogP contribution in [0.5, 0.6) is 0 Å². The first-order valence-electron chi connectivity index (χ1n) is 16.0. The molecule has 10 heteroatoms. The maximum Gasteiger partial charge on any atom is 0.0701 e. The number of ether oxygens (including phenoxy) is 8. The zero-order valence-corrected chi connectivity index (χ0v) is 25.9. The fraction of sp³-hybridized carbons (Fsp3) is 0.588. The first-order valence-corrected chi connectivity index (χ1v) is 16.0. The van der Waals surface area contributed by atoms with Gasteiger partial charge in [-0.1, -0.05) is 24.3 Å². The molecule has 0 radical (unpaired) electrons. The lowest BCUT2D eigenvalue weighted by Gasteiger charge is -2.28. The lowest BCUT2D eigenvalue weighted by atomic mass is 10.00. The zero-order chi connectivity index (χ0) is 30.1. The number of fused-ring (bicyclic) bond motifs is 2. The molecular weight excluding hydrogens is 564 g/mol. The van der Waals surface area contributed by atoms with E-state index in [-0.39, 0.29) is 0 Å². The van der Waals surface area contributed by atoms with Crippen LogP contribution in [0.25, 0.3) is 21.5 Å². The van der Waals surface area contributed by atoms with Crippen molar-refractivity contribution in [3.63, 3.8) is 0 Å². The van der Waals surface area contributed by atoms with Crippen LogP contribution in [0.2, 0.25) is 0 Å². The molecule has 0 saturated carbocycles. The highest BCUT2D eigenvalue weighted by atomic mass is 16.6. The van der Waals surface area contributed by atoms with Gasteiger partial charge in [0.2, 0.25) is 0 Å². The van der Waals surface area contributed by atoms with Crippen molar-refractivity contribution >= 4 is 32.9 Å². The van der Waals surface area contributed by atoms with Crippen molar-refractivity contribution in [2.24, 2.45) is 0 Å². The van der Waals surface area contributed by atoms with Gasteiger partial charge in [-0.3, -0.25) is 0 Å². The lowest BCUT2D eigenvalue weighted by Crippen LogP contribution is -2.32. The molecule has 0 aromatic heterocycles. The van der Waals surface area contributed by atoms with Crippen LogP contribution in [-0.2, 0) is 37.9 Å². The second-order valence-corrected chi connectivity index (χ2v) is 10.7. The normalized spacial score (nSPS) is 20.8. The molecule has 2 aliphatic rings. The number of nitrogens with zero attached hydrogens (tertiary/aromatic N) is 2. The van der Waals surface area contributed by atoms with Gasteiger partial charge in [0.15, 0.2) is 0 Å². The molecule has 242 valence electrons. The van der Waals surface area contributed by atoms with Gasteiger partial charge in [-0.25, -0.2) is 0 Å². The standard InChI is InChI=1S/C34H48N2O8/c1-3-29-27-30-4-2-6-34(36-9-13-39-17-21-43-25-26-44-22-18-40-14-10-36)32(30)28-31(29)33(5-1)35-7-11-37-15-19-41-23-24-42-20-16-38-12-8-35/h1-6,27-28H,7-26H2. The smallest absolute Gasteiger partial charge is 0.0701 e. The number of rotatable bonds is 2. The highest BCUT2D eigenvalue weighted by molar-refractivity contribution is 6.07.